The number of hydrogen-bond donors (Lipinski definition) is 0. The van der Waals surface area contributed by atoms with E-state index in [-0.39, 0.29) is 5.56 Å². The van der Waals surface area contributed by atoms with Crippen LogP contribution >= 0.6 is 0 Å². The predicted molar refractivity (Wildman–Crippen MR) is 104 cm³/mol. The Morgan fingerprint density at radius 1 is 1.19 bits per heavy atom. The van der Waals surface area contributed by atoms with Crippen LogP contribution in [0.4, 0.5) is 0 Å². The van der Waals surface area contributed by atoms with E-state index in [0.29, 0.717) is 11.3 Å². The minimum atomic E-state index is -0.395. The van der Waals surface area contributed by atoms with Crippen molar-refractivity contribution < 1.29 is 4.74 Å². The molecule has 0 bridgehead atoms. The molecule has 5 nitrogen and oxygen atoms in total. The van der Waals surface area contributed by atoms with Gasteiger partial charge in [-0.1, -0.05) is 26.2 Å². The molecule has 2 aromatic rings. The smallest absolute Gasteiger partial charge is 0.289 e. The third-order valence-corrected chi connectivity index (χ3v) is 4.14. The van der Waals surface area contributed by atoms with Crippen LogP contribution in [-0.2, 0) is 0 Å². The highest BCUT2D eigenvalue weighted by molar-refractivity contribution is 5.79. The third kappa shape index (κ3) is 5.06. The second-order valence-electron chi connectivity index (χ2n) is 6.30. The molecule has 0 fully saturated rings. The molecule has 1 heterocycles. The summed E-state index contributed by atoms with van der Waals surface area (Å²) >= 11 is 0. The molecule has 0 aliphatic heterocycles. The standard InChI is InChI=1S/C21H25N3O2/c1-4-5-6-7-12-26-19-10-8-18(9-11-19)15-23-24-17(3)13-16(2)20(14-22)21(24)25/h8-11,13,15H,4-7,12H2,1-3H3/b23-15+. The number of benzene rings is 1. The molecule has 26 heavy (non-hydrogen) atoms. The van der Waals surface area contributed by atoms with Crippen molar-refractivity contribution in [3.8, 4) is 11.8 Å². The summed E-state index contributed by atoms with van der Waals surface area (Å²) in [5.74, 6) is 0.828. The van der Waals surface area contributed by atoms with E-state index in [1.807, 2.05) is 30.3 Å². The lowest BCUT2D eigenvalue weighted by molar-refractivity contribution is 0.305. The number of aromatic nitrogens is 1. The van der Waals surface area contributed by atoms with Gasteiger partial charge >= 0.3 is 0 Å². The van der Waals surface area contributed by atoms with Gasteiger partial charge < -0.3 is 4.74 Å². The Morgan fingerprint density at radius 2 is 1.92 bits per heavy atom. The van der Waals surface area contributed by atoms with Crippen molar-refractivity contribution in [1.82, 2.24) is 4.68 Å². The molecule has 0 unspecified atom stereocenters. The van der Waals surface area contributed by atoms with Crippen LogP contribution in [0.2, 0.25) is 0 Å². The normalized spacial score (nSPS) is 10.8. The van der Waals surface area contributed by atoms with Crippen LogP contribution in [0.5, 0.6) is 5.75 Å². The van der Waals surface area contributed by atoms with Gasteiger partial charge in [0.2, 0.25) is 0 Å². The maximum Gasteiger partial charge on any atom is 0.289 e. The fourth-order valence-corrected chi connectivity index (χ4v) is 2.65. The number of rotatable bonds is 8. The van der Waals surface area contributed by atoms with Gasteiger partial charge in [0.25, 0.3) is 5.56 Å². The van der Waals surface area contributed by atoms with Gasteiger partial charge in [0.1, 0.15) is 17.4 Å². The molecular weight excluding hydrogens is 326 g/mol. The van der Waals surface area contributed by atoms with Crippen molar-refractivity contribution >= 4 is 6.21 Å². The Kier molecular flexibility index (Phi) is 7.16. The second kappa shape index (κ2) is 9.57. The summed E-state index contributed by atoms with van der Waals surface area (Å²) in [5, 5.41) is 13.4. The first-order valence-corrected chi connectivity index (χ1v) is 8.97. The lowest BCUT2D eigenvalue weighted by atomic mass is 10.1. The summed E-state index contributed by atoms with van der Waals surface area (Å²) in [6.07, 6.45) is 6.32. The zero-order chi connectivity index (χ0) is 18.9. The molecule has 0 radical (unpaired) electrons. The molecule has 0 saturated carbocycles. The van der Waals surface area contributed by atoms with E-state index in [4.69, 9.17) is 10.00 Å². The van der Waals surface area contributed by atoms with Gasteiger partial charge in [0, 0.05) is 5.69 Å². The Morgan fingerprint density at radius 3 is 2.58 bits per heavy atom. The van der Waals surface area contributed by atoms with Crippen molar-refractivity contribution in [2.75, 3.05) is 6.61 Å². The van der Waals surface area contributed by atoms with Crippen molar-refractivity contribution in [2.45, 2.75) is 46.5 Å². The number of nitriles is 1. The minimum absolute atomic E-state index is 0.125. The van der Waals surface area contributed by atoms with Gasteiger partial charge in [-0.2, -0.15) is 10.4 Å². The molecule has 1 aromatic heterocycles. The van der Waals surface area contributed by atoms with Crippen molar-refractivity contribution in [3.05, 3.63) is 63.1 Å². The summed E-state index contributed by atoms with van der Waals surface area (Å²) in [6.45, 7) is 6.46. The van der Waals surface area contributed by atoms with Crippen LogP contribution < -0.4 is 10.3 Å². The fourth-order valence-electron chi connectivity index (χ4n) is 2.65. The van der Waals surface area contributed by atoms with E-state index in [1.165, 1.54) is 23.9 Å². The first-order chi connectivity index (χ1) is 12.6. The summed E-state index contributed by atoms with van der Waals surface area (Å²) in [5.41, 5.74) is 1.94. The molecule has 136 valence electrons. The highest BCUT2D eigenvalue weighted by atomic mass is 16.5. The van der Waals surface area contributed by atoms with Crippen molar-refractivity contribution in [2.24, 2.45) is 5.10 Å². The van der Waals surface area contributed by atoms with Crippen molar-refractivity contribution in [1.29, 1.82) is 5.26 Å². The zero-order valence-electron chi connectivity index (χ0n) is 15.7. The first kappa shape index (κ1) is 19.5. The Balaban J connectivity index is 2.06. The topological polar surface area (TPSA) is 67.4 Å². The van der Waals surface area contributed by atoms with Gasteiger partial charge in [-0.05, 0) is 61.7 Å². The molecule has 0 aliphatic carbocycles. The molecular formula is C21H25N3O2. The Bertz CT molecular complexity index is 859. The van der Waals surface area contributed by atoms with Crippen LogP contribution in [0.3, 0.4) is 0 Å². The van der Waals surface area contributed by atoms with Gasteiger partial charge in [-0.25, -0.2) is 4.68 Å². The zero-order valence-corrected chi connectivity index (χ0v) is 15.7. The van der Waals surface area contributed by atoms with Crippen LogP contribution in [0.1, 0.15) is 55.0 Å². The Hall–Kier alpha value is -2.87. The number of hydrogen-bond acceptors (Lipinski definition) is 4. The fraction of sp³-hybridized carbons (Fsp3) is 0.381. The van der Waals surface area contributed by atoms with E-state index in [1.54, 1.807) is 26.1 Å². The van der Waals surface area contributed by atoms with Crippen LogP contribution in [-0.4, -0.2) is 17.5 Å². The average molecular weight is 351 g/mol. The maximum absolute atomic E-state index is 12.3. The molecule has 2 rings (SSSR count). The molecule has 0 N–H and O–H groups in total. The highest BCUT2D eigenvalue weighted by Gasteiger charge is 2.08. The third-order valence-electron chi connectivity index (χ3n) is 4.14. The van der Waals surface area contributed by atoms with Crippen LogP contribution in [0.25, 0.3) is 0 Å². The lowest BCUT2D eigenvalue weighted by Gasteiger charge is -2.07. The minimum Gasteiger partial charge on any atom is -0.494 e. The molecule has 0 atom stereocenters. The summed E-state index contributed by atoms with van der Waals surface area (Å²) in [4.78, 5) is 12.3. The molecule has 0 spiro atoms. The summed E-state index contributed by atoms with van der Waals surface area (Å²) in [6, 6.07) is 11.3. The maximum atomic E-state index is 12.3. The predicted octanol–water partition coefficient (Wildman–Crippen LogP) is 4.18. The average Bonchev–Trinajstić information content (AvgIpc) is 2.62. The number of unbranched alkanes of at least 4 members (excludes halogenated alkanes) is 3. The van der Waals surface area contributed by atoms with Gasteiger partial charge in [-0.15, -0.1) is 0 Å². The summed E-state index contributed by atoms with van der Waals surface area (Å²) < 4.78 is 6.97. The number of ether oxygens (including phenoxy) is 1. The van der Waals surface area contributed by atoms with Gasteiger partial charge in [0.15, 0.2) is 0 Å². The highest BCUT2D eigenvalue weighted by Crippen LogP contribution is 2.12. The van der Waals surface area contributed by atoms with E-state index < -0.39 is 5.56 Å². The first-order valence-electron chi connectivity index (χ1n) is 8.97. The Labute approximate surface area is 154 Å². The number of pyridine rings is 1. The van der Waals surface area contributed by atoms with Gasteiger partial charge in [0.05, 0.1) is 12.8 Å². The quantitative estimate of drug-likeness (QED) is 0.529. The SMILES string of the molecule is CCCCCCOc1ccc(/C=N/n2c(C)cc(C)c(C#N)c2=O)cc1. The van der Waals surface area contributed by atoms with E-state index in [0.717, 1.165) is 24.3 Å². The molecule has 0 amide bonds. The van der Waals surface area contributed by atoms with E-state index >= 15 is 0 Å². The van der Waals surface area contributed by atoms with Gasteiger partial charge in [-0.3, -0.25) is 4.79 Å². The van der Waals surface area contributed by atoms with Crippen LogP contribution in [0.15, 0.2) is 40.2 Å². The molecule has 1 aromatic carbocycles. The summed E-state index contributed by atoms with van der Waals surface area (Å²) in [7, 11) is 0. The molecule has 0 saturated heterocycles. The number of nitrogens with zero attached hydrogens (tertiary/aromatic N) is 3. The van der Waals surface area contributed by atoms with Crippen LogP contribution in [0, 0.1) is 25.2 Å². The number of aryl methyl sites for hydroxylation is 2. The molecule has 0 aliphatic rings. The van der Waals surface area contributed by atoms with E-state index in [9.17, 15) is 4.79 Å². The second-order valence-corrected chi connectivity index (χ2v) is 6.30. The lowest BCUT2D eigenvalue weighted by Crippen LogP contribution is -2.22. The monoisotopic (exact) mass is 351 g/mol. The molecule has 5 heteroatoms. The van der Waals surface area contributed by atoms with Crippen molar-refractivity contribution in [3.63, 3.8) is 0 Å². The van der Waals surface area contributed by atoms with E-state index in [2.05, 4.69) is 12.0 Å². The largest absolute Gasteiger partial charge is 0.494 e.